The van der Waals surface area contributed by atoms with Crippen LogP contribution in [-0.2, 0) is 14.8 Å². The summed E-state index contributed by atoms with van der Waals surface area (Å²) in [5, 5.41) is 1.06. The molecule has 2 aromatic carbocycles. The van der Waals surface area contributed by atoms with Gasteiger partial charge < -0.3 is 5.43 Å². The fourth-order valence-electron chi connectivity index (χ4n) is 2.94. The molecule has 0 saturated carbocycles. The molecule has 1 unspecified atom stereocenters. The molecule has 0 spiro atoms. The van der Waals surface area contributed by atoms with Gasteiger partial charge in [-0.1, -0.05) is 40.9 Å². The minimum Gasteiger partial charge on any atom is -0.312 e. The van der Waals surface area contributed by atoms with E-state index in [1.54, 1.807) is 30.3 Å². The van der Waals surface area contributed by atoms with Gasteiger partial charge in [-0.15, -0.1) is 4.83 Å². The average molecular weight is 425 g/mol. The molecule has 0 amide bonds. The lowest BCUT2D eigenvalue weighted by molar-refractivity contribution is -0.115. The van der Waals surface area contributed by atoms with Gasteiger partial charge in [0.05, 0.1) is 4.90 Å². The van der Waals surface area contributed by atoms with E-state index in [-0.39, 0.29) is 23.0 Å². The van der Waals surface area contributed by atoms with E-state index in [1.165, 1.54) is 18.2 Å². The lowest BCUT2D eigenvalue weighted by atomic mass is 9.85. The van der Waals surface area contributed by atoms with Crippen molar-refractivity contribution < 1.29 is 13.2 Å². The molecule has 2 aromatic rings. The largest absolute Gasteiger partial charge is 0.312 e. The summed E-state index contributed by atoms with van der Waals surface area (Å²) in [6, 6.07) is 11.6. The van der Waals surface area contributed by atoms with Crippen LogP contribution in [0.5, 0.6) is 0 Å². The number of ketones is 1. The number of benzene rings is 2. The summed E-state index contributed by atoms with van der Waals surface area (Å²) in [5.74, 6) is -0.292. The Balaban J connectivity index is 1.74. The summed E-state index contributed by atoms with van der Waals surface area (Å²) in [4.78, 5) is 14.6. The summed E-state index contributed by atoms with van der Waals surface area (Å²) in [5.41, 5.74) is 4.87. The van der Waals surface area contributed by atoms with Crippen LogP contribution < -0.4 is 10.3 Å². The lowest BCUT2D eigenvalue weighted by Gasteiger charge is -2.24. The molecule has 0 aromatic heterocycles. The van der Waals surface area contributed by atoms with Gasteiger partial charge in [0.25, 0.3) is 10.0 Å². The standard InChI is InChI=1S/C19H18Cl2N2O3S/c1-12-2-5-17(6-3-12)27(25,26)23-22-15-8-13(9-16(24)11-15)18-10-14(20)4-7-19(18)21/h2-7,10-11,13,22-23H,8-9H2,1H3. The second-order valence-electron chi connectivity index (χ2n) is 6.45. The summed E-state index contributed by atoms with van der Waals surface area (Å²) in [6.07, 6.45) is 2.13. The molecule has 0 heterocycles. The number of sulfonamides is 1. The maximum atomic E-state index is 12.4. The van der Waals surface area contributed by atoms with E-state index in [0.29, 0.717) is 22.2 Å². The summed E-state index contributed by atoms with van der Waals surface area (Å²) in [6.45, 7) is 1.88. The number of carbonyl (C=O) groups is 1. The monoisotopic (exact) mass is 424 g/mol. The number of halogens is 2. The Bertz CT molecular complexity index is 1000. The second-order valence-corrected chi connectivity index (χ2v) is 8.98. The van der Waals surface area contributed by atoms with E-state index in [0.717, 1.165) is 11.1 Å². The molecule has 3 rings (SSSR count). The summed E-state index contributed by atoms with van der Waals surface area (Å²) < 4.78 is 24.8. The van der Waals surface area contributed by atoms with Crippen LogP contribution in [0.4, 0.5) is 0 Å². The summed E-state index contributed by atoms with van der Waals surface area (Å²) >= 11 is 12.3. The molecule has 2 N–H and O–H groups in total. The Morgan fingerprint density at radius 3 is 2.44 bits per heavy atom. The minimum absolute atomic E-state index is 0.112. The number of allylic oxidation sites excluding steroid dienone is 2. The molecule has 5 nitrogen and oxygen atoms in total. The van der Waals surface area contributed by atoms with Crippen molar-refractivity contribution in [3.05, 3.63) is 75.4 Å². The number of hydrogen-bond donors (Lipinski definition) is 2. The van der Waals surface area contributed by atoms with Crippen LogP contribution in [0.1, 0.15) is 29.9 Å². The Hall–Kier alpha value is -1.86. The maximum Gasteiger partial charge on any atom is 0.257 e. The van der Waals surface area contributed by atoms with E-state index in [9.17, 15) is 13.2 Å². The van der Waals surface area contributed by atoms with Crippen molar-refractivity contribution in [2.45, 2.75) is 30.6 Å². The molecule has 0 bridgehead atoms. The predicted molar refractivity (Wildman–Crippen MR) is 106 cm³/mol. The van der Waals surface area contributed by atoms with Gasteiger partial charge in [0, 0.05) is 28.2 Å². The lowest BCUT2D eigenvalue weighted by Crippen LogP contribution is -2.38. The fourth-order valence-corrected chi connectivity index (χ4v) is 4.27. The summed E-state index contributed by atoms with van der Waals surface area (Å²) in [7, 11) is -3.75. The molecule has 1 aliphatic carbocycles. The molecule has 1 atom stereocenters. The van der Waals surface area contributed by atoms with Crippen LogP contribution >= 0.6 is 23.2 Å². The van der Waals surface area contributed by atoms with E-state index in [2.05, 4.69) is 10.3 Å². The third-order valence-corrected chi connectivity index (χ3v) is 6.17. The third-order valence-electron chi connectivity index (χ3n) is 4.32. The van der Waals surface area contributed by atoms with E-state index in [4.69, 9.17) is 23.2 Å². The van der Waals surface area contributed by atoms with Gasteiger partial charge >= 0.3 is 0 Å². The molecule has 142 valence electrons. The molecule has 0 radical (unpaired) electrons. The van der Waals surface area contributed by atoms with Crippen LogP contribution in [0.3, 0.4) is 0 Å². The zero-order chi connectivity index (χ0) is 19.6. The number of carbonyl (C=O) groups excluding carboxylic acids is 1. The Labute approximate surface area is 168 Å². The fraction of sp³-hybridized carbons (Fsp3) is 0.211. The van der Waals surface area contributed by atoms with E-state index >= 15 is 0 Å². The highest BCUT2D eigenvalue weighted by molar-refractivity contribution is 7.89. The zero-order valence-corrected chi connectivity index (χ0v) is 16.8. The molecule has 0 aliphatic heterocycles. The van der Waals surface area contributed by atoms with Gasteiger partial charge in [-0.3, -0.25) is 4.79 Å². The van der Waals surface area contributed by atoms with Crippen LogP contribution in [0.15, 0.2) is 59.1 Å². The first-order valence-corrected chi connectivity index (χ1v) is 10.5. The quantitative estimate of drug-likeness (QED) is 0.707. The van der Waals surface area contributed by atoms with Crippen molar-refractivity contribution in [2.24, 2.45) is 0 Å². The van der Waals surface area contributed by atoms with Crippen LogP contribution in [0.25, 0.3) is 0 Å². The minimum atomic E-state index is -3.75. The number of nitrogens with one attached hydrogen (secondary N) is 2. The average Bonchev–Trinajstić information content (AvgIpc) is 2.62. The highest BCUT2D eigenvalue weighted by Crippen LogP contribution is 2.36. The third kappa shape index (κ3) is 4.90. The van der Waals surface area contributed by atoms with Crippen LogP contribution in [0.2, 0.25) is 10.0 Å². The van der Waals surface area contributed by atoms with Gasteiger partial charge in [0.15, 0.2) is 5.78 Å². The van der Waals surface area contributed by atoms with Crippen molar-refractivity contribution in [1.29, 1.82) is 0 Å². The van der Waals surface area contributed by atoms with Gasteiger partial charge in [-0.2, -0.15) is 0 Å². The molecular weight excluding hydrogens is 407 g/mol. The molecule has 8 heteroatoms. The Kier molecular flexibility index (Phi) is 5.91. The van der Waals surface area contributed by atoms with Crippen molar-refractivity contribution in [2.75, 3.05) is 0 Å². The molecule has 0 fully saturated rings. The van der Waals surface area contributed by atoms with E-state index < -0.39 is 10.0 Å². The van der Waals surface area contributed by atoms with Crippen LogP contribution in [-0.4, -0.2) is 14.2 Å². The van der Waals surface area contributed by atoms with Crippen molar-refractivity contribution >= 4 is 39.0 Å². The normalized spacial score (nSPS) is 17.5. The molecule has 27 heavy (non-hydrogen) atoms. The highest BCUT2D eigenvalue weighted by atomic mass is 35.5. The zero-order valence-electron chi connectivity index (χ0n) is 14.5. The van der Waals surface area contributed by atoms with Crippen LogP contribution in [0, 0.1) is 6.92 Å². The first-order chi connectivity index (χ1) is 12.7. The van der Waals surface area contributed by atoms with Crippen molar-refractivity contribution in [3.8, 4) is 0 Å². The van der Waals surface area contributed by atoms with Gasteiger partial charge in [0.1, 0.15) is 0 Å². The number of hydrogen-bond acceptors (Lipinski definition) is 4. The topological polar surface area (TPSA) is 75.3 Å². The smallest absolute Gasteiger partial charge is 0.257 e. The number of rotatable bonds is 5. The van der Waals surface area contributed by atoms with E-state index in [1.807, 2.05) is 6.92 Å². The van der Waals surface area contributed by atoms with Gasteiger partial charge in [0.2, 0.25) is 0 Å². The predicted octanol–water partition coefficient (Wildman–Crippen LogP) is 4.12. The van der Waals surface area contributed by atoms with Crippen molar-refractivity contribution in [3.63, 3.8) is 0 Å². The van der Waals surface area contributed by atoms with Gasteiger partial charge in [-0.05, 0) is 55.2 Å². The maximum absolute atomic E-state index is 12.4. The SMILES string of the molecule is Cc1ccc(S(=O)(=O)NNC2=CC(=O)CC(c3cc(Cl)ccc3Cl)C2)cc1. The Morgan fingerprint density at radius 1 is 1.04 bits per heavy atom. The Morgan fingerprint density at radius 2 is 1.74 bits per heavy atom. The second kappa shape index (κ2) is 8.02. The highest BCUT2D eigenvalue weighted by Gasteiger charge is 2.25. The molecule has 0 saturated heterocycles. The molecule has 1 aliphatic rings. The number of aryl methyl sites for hydroxylation is 1. The van der Waals surface area contributed by atoms with Crippen molar-refractivity contribution in [1.82, 2.24) is 10.3 Å². The van der Waals surface area contributed by atoms with Gasteiger partial charge in [-0.25, -0.2) is 8.42 Å². The first kappa shape index (κ1) is 19.9. The number of hydrazine groups is 1. The molecular formula is C19H18Cl2N2O3S. The first-order valence-electron chi connectivity index (χ1n) is 8.27.